The number of halogens is 1. The van der Waals surface area contributed by atoms with Crippen molar-refractivity contribution in [3.8, 4) is 5.75 Å². The number of amides is 3. The van der Waals surface area contributed by atoms with E-state index < -0.39 is 0 Å². The summed E-state index contributed by atoms with van der Waals surface area (Å²) in [5.41, 5.74) is 5.11. The van der Waals surface area contributed by atoms with Crippen molar-refractivity contribution in [3.63, 3.8) is 0 Å². The predicted molar refractivity (Wildman–Crippen MR) is 109 cm³/mol. The van der Waals surface area contributed by atoms with Crippen LogP contribution in [0.15, 0.2) is 24.3 Å². The van der Waals surface area contributed by atoms with Gasteiger partial charge in [-0.15, -0.1) is 0 Å². The number of carbonyl (C=O) groups excluding carboxylic acids is 3. The summed E-state index contributed by atoms with van der Waals surface area (Å²) in [6, 6.07) is 7.09. The zero-order valence-electron chi connectivity index (χ0n) is 16.6. The molecule has 2 N–H and O–H groups in total. The molecule has 0 radical (unpaired) electrons. The molecule has 8 heteroatoms. The molecule has 0 unspecified atom stereocenters. The van der Waals surface area contributed by atoms with Crippen molar-refractivity contribution in [2.24, 2.45) is 11.1 Å². The van der Waals surface area contributed by atoms with Crippen LogP contribution in [0.4, 0.5) is 0 Å². The highest BCUT2D eigenvalue weighted by molar-refractivity contribution is 6.30. The third-order valence-electron chi connectivity index (χ3n) is 5.85. The van der Waals surface area contributed by atoms with E-state index in [9.17, 15) is 14.4 Å². The van der Waals surface area contributed by atoms with Crippen LogP contribution in [-0.4, -0.2) is 60.3 Å². The zero-order valence-corrected chi connectivity index (χ0v) is 17.3. The zero-order chi connectivity index (χ0) is 20.9. The highest BCUT2D eigenvalue weighted by atomic mass is 35.5. The number of piperidine rings is 1. The number of rotatable bonds is 8. The Hall–Kier alpha value is -2.28. The molecule has 0 bridgehead atoms. The van der Waals surface area contributed by atoms with Gasteiger partial charge in [0, 0.05) is 55.9 Å². The second kappa shape index (κ2) is 9.48. The fraction of sp³-hybridized carbons (Fsp3) is 0.571. The molecule has 0 aromatic heterocycles. The lowest BCUT2D eigenvalue weighted by Crippen LogP contribution is -2.47. The molecule has 0 aliphatic carbocycles. The standard InChI is InChI=1S/C21H28ClN3O4/c22-16-3-5-17(6-4-16)29-15-21(14-18(23)26)8-12-25(13-9-21)20(28)7-11-24-10-1-2-19(24)27/h3-6H,1-2,7-15H2,(H2,23,26). The fourth-order valence-electron chi connectivity index (χ4n) is 4.07. The molecule has 2 heterocycles. The van der Waals surface area contributed by atoms with Gasteiger partial charge in [0.05, 0.1) is 6.61 Å². The highest BCUT2D eigenvalue weighted by Crippen LogP contribution is 2.36. The second-order valence-electron chi connectivity index (χ2n) is 8.00. The Morgan fingerprint density at radius 2 is 1.83 bits per heavy atom. The van der Waals surface area contributed by atoms with E-state index in [1.54, 1.807) is 29.2 Å². The first-order chi connectivity index (χ1) is 13.9. The lowest BCUT2D eigenvalue weighted by atomic mass is 9.76. The molecular formula is C21H28ClN3O4. The van der Waals surface area contributed by atoms with Crippen LogP contribution >= 0.6 is 11.6 Å². The van der Waals surface area contributed by atoms with Gasteiger partial charge in [-0.3, -0.25) is 14.4 Å². The smallest absolute Gasteiger partial charge is 0.224 e. The minimum absolute atomic E-state index is 0.0518. The topological polar surface area (TPSA) is 92.9 Å². The number of hydrogen-bond acceptors (Lipinski definition) is 4. The molecule has 158 valence electrons. The molecule has 0 atom stereocenters. The minimum atomic E-state index is -0.382. The lowest BCUT2D eigenvalue weighted by molar-refractivity contribution is -0.135. The Balaban J connectivity index is 1.52. The quantitative estimate of drug-likeness (QED) is 0.696. The van der Waals surface area contributed by atoms with Crippen molar-refractivity contribution >= 4 is 29.3 Å². The predicted octanol–water partition coefficient (Wildman–Crippen LogP) is 2.22. The molecule has 3 rings (SSSR count). The maximum absolute atomic E-state index is 12.6. The van der Waals surface area contributed by atoms with Gasteiger partial charge in [-0.1, -0.05) is 11.6 Å². The molecule has 0 spiro atoms. The summed E-state index contributed by atoms with van der Waals surface area (Å²) in [5, 5.41) is 0.631. The lowest BCUT2D eigenvalue weighted by Gasteiger charge is -2.41. The molecule has 3 amide bonds. The maximum atomic E-state index is 12.6. The number of nitrogens with two attached hydrogens (primary N) is 1. The number of nitrogens with zero attached hydrogens (tertiary/aromatic N) is 2. The number of carbonyl (C=O) groups is 3. The molecule has 2 aliphatic rings. The van der Waals surface area contributed by atoms with Crippen LogP contribution in [0.2, 0.25) is 5.02 Å². The average molecular weight is 422 g/mol. The molecule has 29 heavy (non-hydrogen) atoms. The summed E-state index contributed by atoms with van der Waals surface area (Å²) in [4.78, 5) is 39.5. The molecule has 7 nitrogen and oxygen atoms in total. The Kier molecular flexibility index (Phi) is 7.00. The van der Waals surface area contributed by atoms with Gasteiger partial charge in [-0.25, -0.2) is 0 Å². The molecule has 2 fully saturated rings. The number of benzene rings is 1. The molecule has 0 saturated carbocycles. The summed E-state index contributed by atoms with van der Waals surface area (Å²) in [6.45, 7) is 2.71. The Bertz CT molecular complexity index is 745. The van der Waals surface area contributed by atoms with E-state index in [2.05, 4.69) is 0 Å². The Morgan fingerprint density at radius 1 is 1.14 bits per heavy atom. The third kappa shape index (κ3) is 5.85. The van der Waals surface area contributed by atoms with Crippen LogP contribution in [0.25, 0.3) is 0 Å². The van der Waals surface area contributed by atoms with Crippen LogP contribution in [0.1, 0.15) is 38.5 Å². The third-order valence-corrected chi connectivity index (χ3v) is 6.10. The van der Waals surface area contributed by atoms with Gasteiger partial charge in [0.2, 0.25) is 17.7 Å². The first kappa shape index (κ1) is 21.4. The molecule has 2 aliphatic heterocycles. The number of hydrogen-bond donors (Lipinski definition) is 1. The van der Waals surface area contributed by atoms with Crippen molar-refractivity contribution in [2.45, 2.75) is 38.5 Å². The molecule has 1 aromatic rings. The number of primary amides is 1. The van der Waals surface area contributed by atoms with Crippen molar-refractivity contribution < 1.29 is 19.1 Å². The molecular weight excluding hydrogens is 394 g/mol. The highest BCUT2D eigenvalue weighted by Gasteiger charge is 2.38. The summed E-state index contributed by atoms with van der Waals surface area (Å²) in [5.74, 6) is 0.510. The van der Waals surface area contributed by atoms with E-state index in [0.717, 1.165) is 13.0 Å². The van der Waals surface area contributed by atoms with Crippen molar-refractivity contribution in [1.29, 1.82) is 0 Å². The van der Waals surface area contributed by atoms with Gasteiger partial charge >= 0.3 is 0 Å². The summed E-state index contributed by atoms with van der Waals surface area (Å²) < 4.78 is 5.91. The van der Waals surface area contributed by atoms with Gasteiger partial charge < -0.3 is 20.3 Å². The molecule has 1 aromatic carbocycles. The van der Waals surface area contributed by atoms with Crippen molar-refractivity contribution in [2.75, 3.05) is 32.8 Å². The van der Waals surface area contributed by atoms with Gasteiger partial charge in [-0.05, 0) is 43.5 Å². The molecule has 2 saturated heterocycles. The summed E-state index contributed by atoms with van der Waals surface area (Å²) in [7, 11) is 0. The fourth-order valence-corrected chi connectivity index (χ4v) is 4.19. The summed E-state index contributed by atoms with van der Waals surface area (Å²) in [6.07, 6.45) is 3.33. The van der Waals surface area contributed by atoms with E-state index in [4.69, 9.17) is 22.1 Å². The first-order valence-electron chi connectivity index (χ1n) is 10.1. The Labute approximate surface area is 176 Å². The second-order valence-corrected chi connectivity index (χ2v) is 8.44. The van der Waals surface area contributed by atoms with Gasteiger partial charge in [-0.2, -0.15) is 0 Å². The largest absolute Gasteiger partial charge is 0.493 e. The van der Waals surface area contributed by atoms with Crippen molar-refractivity contribution in [3.05, 3.63) is 29.3 Å². The van der Waals surface area contributed by atoms with E-state index >= 15 is 0 Å². The first-order valence-corrected chi connectivity index (χ1v) is 10.5. The van der Waals surface area contributed by atoms with Gasteiger partial charge in [0.15, 0.2) is 0 Å². The van der Waals surface area contributed by atoms with E-state index in [0.29, 0.717) is 62.7 Å². The average Bonchev–Trinajstić information content (AvgIpc) is 3.11. The van der Waals surface area contributed by atoms with Crippen LogP contribution in [-0.2, 0) is 14.4 Å². The van der Waals surface area contributed by atoms with Gasteiger partial charge in [0.25, 0.3) is 0 Å². The van der Waals surface area contributed by atoms with Crippen LogP contribution in [0.3, 0.4) is 0 Å². The number of likely N-dealkylation sites (tertiary alicyclic amines) is 2. The van der Waals surface area contributed by atoms with Crippen LogP contribution in [0.5, 0.6) is 5.75 Å². The SMILES string of the molecule is NC(=O)CC1(COc2ccc(Cl)cc2)CCN(C(=O)CCN2CCCC2=O)CC1. The summed E-state index contributed by atoms with van der Waals surface area (Å²) >= 11 is 5.90. The normalized spacial score (nSPS) is 18.7. The van der Waals surface area contributed by atoms with Gasteiger partial charge in [0.1, 0.15) is 5.75 Å². The van der Waals surface area contributed by atoms with E-state index in [1.807, 2.05) is 4.90 Å². The maximum Gasteiger partial charge on any atom is 0.224 e. The minimum Gasteiger partial charge on any atom is -0.493 e. The van der Waals surface area contributed by atoms with E-state index in [1.165, 1.54) is 0 Å². The monoisotopic (exact) mass is 421 g/mol. The van der Waals surface area contributed by atoms with Crippen LogP contribution in [0, 0.1) is 5.41 Å². The number of ether oxygens (including phenoxy) is 1. The van der Waals surface area contributed by atoms with Crippen molar-refractivity contribution in [1.82, 2.24) is 9.80 Å². The van der Waals surface area contributed by atoms with Crippen LogP contribution < -0.4 is 10.5 Å². The Morgan fingerprint density at radius 3 is 2.41 bits per heavy atom. The van der Waals surface area contributed by atoms with E-state index in [-0.39, 0.29) is 29.6 Å².